The Balaban J connectivity index is 6.28. The van der Waals surface area contributed by atoms with Gasteiger partial charge in [0.2, 0.25) is 0 Å². The molecule has 0 aliphatic carbocycles. The average Bonchev–Trinajstić information content (AvgIpc) is 3.00. The largest absolute Gasteiger partial charge is 0.460 e. The van der Waals surface area contributed by atoms with Crippen LogP contribution < -0.4 is 0 Å². The van der Waals surface area contributed by atoms with Crippen molar-refractivity contribution in [3.63, 3.8) is 0 Å². The maximum atomic E-state index is 13.8. The molecule has 0 saturated heterocycles. The minimum Gasteiger partial charge on any atom is -0.393 e. The van der Waals surface area contributed by atoms with Crippen molar-refractivity contribution in [3.05, 3.63) is 0 Å². The second-order valence-electron chi connectivity index (χ2n) is 11.1. The van der Waals surface area contributed by atoms with Gasteiger partial charge in [0.1, 0.15) is 0 Å². The molecule has 0 radical (unpaired) electrons. The normalized spacial score (nSPS) is 16.4. The highest BCUT2D eigenvalue weighted by Gasteiger charge is 2.96. The van der Waals surface area contributed by atoms with Crippen LogP contribution in [0.2, 0.25) is 0 Å². The fraction of sp³-hybridized carbons (Fsp3) is 0.909. The summed E-state index contributed by atoms with van der Waals surface area (Å²) in [6, 6.07) is 0. The number of ether oxygens (including phenoxy) is 1. The van der Waals surface area contributed by atoms with E-state index in [9.17, 15) is 159 Å². The quantitative estimate of drug-likeness (QED) is 0.0781. The van der Waals surface area contributed by atoms with Crippen LogP contribution in [0.15, 0.2) is 0 Å². The summed E-state index contributed by atoms with van der Waals surface area (Å²) in [6.07, 6.45) is -29.7. The number of carbonyl (C=O) groups is 2. The Morgan fingerprint density at radius 2 is 0.407 bits per heavy atom. The second kappa shape index (κ2) is 14.7. The SMILES string of the molecule is O=C(CCC(F)(F)C(F)(F)C(F)(F)C(F)(F)C(F)(F)C(F)(F)C(F)(F)C(F)(F)F)OC(=O)CCC(F)(F)C(F)(F)C(F)(F)C(F)(F)C(F)(F)C(F)(F)C(F)(F)C(F)(F)F. The molecule has 0 aliphatic rings. The smallest absolute Gasteiger partial charge is 0.393 e. The van der Waals surface area contributed by atoms with E-state index in [1.54, 1.807) is 0 Å². The molecule has 0 saturated carbocycles. The fourth-order valence-corrected chi connectivity index (χ4v) is 3.45. The van der Waals surface area contributed by atoms with Gasteiger partial charge in [-0.15, -0.1) is 0 Å². The number of esters is 2. The zero-order valence-electron chi connectivity index (χ0n) is 25.9. The summed E-state index contributed by atoms with van der Waals surface area (Å²) >= 11 is 0. The molecule has 0 amide bonds. The maximum absolute atomic E-state index is 13.8. The molecule has 0 heterocycles. The Morgan fingerprint density at radius 1 is 0.254 bits per heavy atom. The lowest BCUT2D eigenvalue weighted by molar-refractivity contribution is -0.461. The van der Waals surface area contributed by atoms with Crippen LogP contribution in [-0.2, 0) is 14.3 Å². The zero-order valence-corrected chi connectivity index (χ0v) is 25.9. The van der Waals surface area contributed by atoms with Crippen LogP contribution in [0.5, 0.6) is 0 Å². The molecule has 0 unspecified atom stereocenters. The van der Waals surface area contributed by atoms with E-state index < -0.39 is 133 Å². The first-order valence-corrected chi connectivity index (χ1v) is 13.2. The van der Waals surface area contributed by atoms with Crippen LogP contribution in [0.4, 0.5) is 149 Å². The van der Waals surface area contributed by atoms with Gasteiger partial charge in [-0.05, 0) is 0 Å². The predicted molar refractivity (Wildman–Crippen MR) is 111 cm³/mol. The van der Waals surface area contributed by atoms with Crippen molar-refractivity contribution in [2.24, 2.45) is 0 Å². The summed E-state index contributed by atoms with van der Waals surface area (Å²) in [6.45, 7) is 0. The predicted octanol–water partition coefficient (Wildman–Crippen LogP) is 11.6. The topological polar surface area (TPSA) is 43.4 Å². The van der Waals surface area contributed by atoms with Crippen molar-refractivity contribution >= 4 is 11.9 Å². The van der Waals surface area contributed by atoms with Gasteiger partial charge in [-0.1, -0.05) is 0 Å². The van der Waals surface area contributed by atoms with E-state index in [4.69, 9.17) is 0 Å². The van der Waals surface area contributed by atoms with E-state index in [-0.39, 0.29) is 0 Å². The van der Waals surface area contributed by atoms with Gasteiger partial charge in [-0.2, -0.15) is 149 Å². The third-order valence-electron chi connectivity index (χ3n) is 7.09. The average molecular weight is 966 g/mol. The van der Waals surface area contributed by atoms with E-state index in [1.807, 2.05) is 0 Å². The summed E-state index contributed by atoms with van der Waals surface area (Å²) in [5, 5.41) is 0. The maximum Gasteiger partial charge on any atom is 0.460 e. The molecule has 0 atom stereocenters. The molecule has 0 aromatic heterocycles. The second-order valence-corrected chi connectivity index (χ2v) is 11.1. The first-order chi connectivity index (χ1) is 25.0. The van der Waals surface area contributed by atoms with Gasteiger partial charge >= 0.3 is 107 Å². The van der Waals surface area contributed by atoms with Gasteiger partial charge in [0, 0.05) is 12.8 Å². The first-order valence-electron chi connectivity index (χ1n) is 13.2. The van der Waals surface area contributed by atoms with Gasteiger partial charge in [0.25, 0.3) is 0 Å². The van der Waals surface area contributed by atoms with Crippen LogP contribution in [0.3, 0.4) is 0 Å². The standard InChI is InChI=1S/C22H8F34O3/c23-7(24,9(27,28)11(31,32)13(35,36)15(39,40)17(43,44)19(47,48)21(51,52)53)3-1-5(57)59-6(58)2-4-8(25,26)10(29,30)12(33,34)14(37,38)16(41,42)18(45,46)20(49,50)22(54,55)56/h1-4H2. The monoisotopic (exact) mass is 966 g/mol. The number of rotatable bonds is 18. The molecule has 0 spiro atoms. The minimum atomic E-state index is -9.11. The van der Waals surface area contributed by atoms with E-state index >= 15 is 0 Å². The Morgan fingerprint density at radius 3 is 0.576 bits per heavy atom. The van der Waals surface area contributed by atoms with Crippen LogP contribution in [0, 0.1) is 0 Å². The van der Waals surface area contributed by atoms with Crippen LogP contribution in [0.1, 0.15) is 25.7 Å². The third kappa shape index (κ3) is 7.92. The van der Waals surface area contributed by atoms with E-state index in [0.29, 0.717) is 0 Å². The Hall–Kier alpha value is -3.24. The molecule has 0 fully saturated rings. The Bertz CT molecular complexity index is 1420. The highest BCUT2D eigenvalue weighted by molar-refractivity contribution is 5.85. The van der Waals surface area contributed by atoms with Crippen molar-refractivity contribution in [2.45, 2.75) is 121 Å². The molecular formula is C22H8F34O3. The van der Waals surface area contributed by atoms with Gasteiger partial charge in [0.15, 0.2) is 0 Å². The number of alkyl halides is 34. The fourth-order valence-electron chi connectivity index (χ4n) is 3.45. The number of carbonyl (C=O) groups excluding carboxylic acids is 2. The Kier molecular flexibility index (Phi) is 13.9. The summed E-state index contributed by atoms with van der Waals surface area (Å²) in [7, 11) is 0. The van der Waals surface area contributed by atoms with Crippen LogP contribution in [-0.4, -0.2) is 107 Å². The van der Waals surface area contributed by atoms with Gasteiger partial charge < -0.3 is 4.74 Å². The summed E-state index contributed by atoms with van der Waals surface area (Å²) in [5.41, 5.74) is 0. The van der Waals surface area contributed by atoms with Crippen molar-refractivity contribution in [1.29, 1.82) is 0 Å². The highest BCUT2D eigenvalue weighted by Crippen LogP contribution is 2.66. The number of hydrogen-bond donors (Lipinski definition) is 0. The zero-order chi connectivity index (χ0) is 48.7. The van der Waals surface area contributed by atoms with Crippen molar-refractivity contribution in [3.8, 4) is 0 Å². The van der Waals surface area contributed by atoms with Crippen molar-refractivity contribution < 1.29 is 164 Å². The number of hydrogen-bond acceptors (Lipinski definition) is 3. The molecule has 59 heavy (non-hydrogen) atoms. The van der Waals surface area contributed by atoms with Crippen LogP contribution >= 0.6 is 0 Å². The highest BCUT2D eigenvalue weighted by atomic mass is 19.4. The molecule has 352 valence electrons. The van der Waals surface area contributed by atoms with Gasteiger partial charge in [-0.25, -0.2) is 0 Å². The number of halogens is 34. The minimum absolute atomic E-state index is 2.99. The molecule has 0 aromatic rings. The Labute approximate surface area is 297 Å². The molecule has 3 nitrogen and oxygen atoms in total. The summed E-state index contributed by atoms with van der Waals surface area (Å²) < 4.78 is 453. The molecule has 0 N–H and O–H groups in total. The van der Waals surface area contributed by atoms with Gasteiger partial charge in [-0.3, -0.25) is 9.59 Å². The lowest BCUT2D eigenvalue weighted by atomic mass is 9.88. The summed E-state index contributed by atoms with van der Waals surface area (Å²) in [5.74, 6) is -127. The third-order valence-corrected chi connectivity index (χ3v) is 7.09. The van der Waals surface area contributed by atoms with E-state index in [2.05, 4.69) is 4.74 Å². The van der Waals surface area contributed by atoms with Crippen LogP contribution in [0.25, 0.3) is 0 Å². The molecule has 0 aliphatic heterocycles. The molecular weight excluding hydrogens is 958 g/mol. The first kappa shape index (κ1) is 55.8. The summed E-state index contributed by atoms with van der Waals surface area (Å²) in [4.78, 5) is 22.6. The molecule has 0 aromatic carbocycles. The lowest BCUT2D eigenvalue weighted by Crippen LogP contribution is -2.74. The lowest BCUT2D eigenvalue weighted by Gasteiger charge is -2.42. The molecule has 0 rings (SSSR count). The van der Waals surface area contributed by atoms with Crippen molar-refractivity contribution in [1.82, 2.24) is 0 Å². The molecule has 37 heteroatoms. The van der Waals surface area contributed by atoms with E-state index in [1.165, 1.54) is 0 Å². The van der Waals surface area contributed by atoms with E-state index in [0.717, 1.165) is 0 Å². The molecule has 0 bridgehead atoms. The van der Waals surface area contributed by atoms with Crippen molar-refractivity contribution in [2.75, 3.05) is 0 Å². The van der Waals surface area contributed by atoms with Gasteiger partial charge in [0.05, 0.1) is 12.8 Å².